The van der Waals surface area contributed by atoms with Crippen molar-refractivity contribution in [1.82, 2.24) is 4.72 Å². The van der Waals surface area contributed by atoms with Crippen LogP contribution >= 0.6 is 0 Å². The van der Waals surface area contributed by atoms with E-state index in [1.807, 2.05) is 20.8 Å². The summed E-state index contributed by atoms with van der Waals surface area (Å²) < 4.78 is 29.1. The quantitative estimate of drug-likeness (QED) is 0.650. The third kappa shape index (κ3) is 3.27. The Morgan fingerprint density at radius 3 is 2.70 bits per heavy atom. The second-order valence-electron chi connectivity index (χ2n) is 6.26. The molecule has 0 saturated carbocycles. The first-order valence-electron chi connectivity index (χ1n) is 6.99. The van der Waals surface area contributed by atoms with E-state index >= 15 is 0 Å². The molecule has 3 nitrogen and oxygen atoms in total. The molecule has 2 rings (SSSR count). The predicted octanol–water partition coefficient (Wildman–Crippen LogP) is 3.35. The third-order valence-electron chi connectivity index (χ3n) is 3.61. The molecule has 0 amide bonds. The Labute approximate surface area is 122 Å². The van der Waals surface area contributed by atoms with Crippen LogP contribution in [0.2, 0.25) is 0 Å². The average Bonchev–Trinajstić information content (AvgIpc) is 2.56. The highest BCUT2D eigenvalue weighted by molar-refractivity contribution is 7.90. The van der Waals surface area contributed by atoms with Crippen molar-refractivity contribution >= 4 is 11.4 Å². The molecule has 1 aromatic carbocycles. The summed E-state index contributed by atoms with van der Waals surface area (Å²) in [5.74, 6) is -0.834. The van der Waals surface area contributed by atoms with Crippen LogP contribution in [0, 0.1) is 5.82 Å². The molecule has 0 fully saturated rings. The van der Waals surface area contributed by atoms with Gasteiger partial charge < -0.3 is 9.66 Å². The van der Waals surface area contributed by atoms with Crippen LogP contribution in [0.15, 0.2) is 12.1 Å². The summed E-state index contributed by atoms with van der Waals surface area (Å²) in [6.07, 6.45) is 3.29. The molecule has 0 aliphatic heterocycles. The van der Waals surface area contributed by atoms with E-state index in [2.05, 4.69) is 4.72 Å². The van der Waals surface area contributed by atoms with Gasteiger partial charge in [0, 0.05) is 11.4 Å². The van der Waals surface area contributed by atoms with Gasteiger partial charge in [-0.25, -0.2) is 4.39 Å². The summed E-state index contributed by atoms with van der Waals surface area (Å²) in [5.41, 5.74) is 1.39. The van der Waals surface area contributed by atoms with Gasteiger partial charge in [0.05, 0.1) is 6.04 Å². The van der Waals surface area contributed by atoms with Crippen molar-refractivity contribution in [1.29, 1.82) is 0 Å². The number of aromatic hydroxyl groups is 1. The lowest BCUT2D eigenvalue weighted by Crippen LogP contribution is -2.41. The summed E-state index contributed by atoms with van der Waals surface area (Å²) in [7, 11) is 0. The van der Waals surface area contributed by atoms with Gasteiger partial charge in [-0.3, -0.25) is 0 Å². The van der Waals surface area contributed by atoms with Crippen LogP contribution in [-0.4, -0.2) is 14.4 Å². The number of fused-ring (bicyclic) bond motifs is 1. The fraction of sp³-hybridized carbons (Fsp3) is 0.600. The van der Waals surface area contributed by atoms with Crippen LogP contribution in [-0.2, 0) is 17.8 Å². The van der Waals surface area contributed by atoms with Gasteiger partial charge in [-0.2, -0.15) is 0 Å². The standard InChI is InChI=1S/C15H22FNO2S/c1-15(2,3)20(19)17-12-7-5-4-6-11-10(12)8-9-13(18)14(11)16/h8-9,12,17-18H,4-7H2,1-3H3/t12?,20-/m0/s1. The second kappa shape index (κ2) is 5.92. The van der Waals surface area contributed by atoms with E-state index in [0.717, 1.165) is 24.8 Å². The summed E-state index contributed by atoms with van der Waals surface area (Å²) >= 11 is -1.20. The second-order valence-corrected chi connectivity index (χ2v) is 8.26. The van der Waals surface area contributed by atoms with Gasteiger partial charge in [0.1, 0.15) is 4.75 Å². The number of benzene rings is 1. The van der Waals surface area contributed by atoms with Crippen LogP contribution in [0.1, 0.15) is 57.2 Å². The first-order valence-corrected chi connectivity index (χ1v) is 8.14. The molecule has 5 heteroatoms. The fourth-order valence-corrected chi connectivity index (χ4v) is 3.30. The first kappa shape index (κ1) is 15.6. The first-order chi connectivity index (χ1) is 9.30. The highest BCUT2D eigenvalue weighted by Crippen LogP contribution is 2.34. The molecule has 0 heterocycles. The Balaban J connectivity index is 2.31. The molecule has 1 unspecified atom stereocenters. The van der Waals surface area contributed by atoms with Gasteiger partial charge >= 0.3 is 0 Å². The normalized spacial score (nSPS) is 21.1. The zero-order valence-corrected chi connectivity index (χ0v) is 13.0. The van der Waals surface area contributed by atoms with Gasteiger partial charge in [-0.15, -0.1) is 4.72 Å². The Bertz CT molecular complexity index is 487. The lowest BCUT2D eigenvalue weighted by Gasteiger charge is -2.28. The van der Waals surface area contributed by atoms with Crippen LogP contribution in [0.3, 0.4) is 0 Å². The molecule has 0 spiro atoms. The molecule has 2 atom stereocenters. The van der Waals surface area contributed by atoms with Gasteiger partial charge in [-0.1, -0.05) is 12.5 Å². The van der Waals surface area contributed by atoms with Crippen molar-refractivity contribution in [2.75, 3.05) is 0 Å². The Morgan fingerprint density at radius 1 is 1.35 bits per heavy atom. The summed E-state index contributed by atoms with van der Waals surface area (Å²) in [6.45, 7) is 5.72. The van der Waals surface area contributed by atoms with Crippen molar-refractivity contribution in [2.24, 2.45) is 0 Å². The molecular weight excluding hydrogens is 277 g/mol. The number of halogens is 1. The number of hydrogen-bond acceptors (Lipinski definition) is 3. The van der Waals surface area contributed by atoms with Crippen molar-refractivity contribution in [3.05, 3.63) is 29.1 Å². The SMILES string of the molecule is CC(C)(C)[S@+]([O-])NC1CCCCc2c1ccc(O)c2F. The number of phenolic OH excluding ortho intramolecular Hbond substituents is 1. The monoisotopic (exact) mass is 299 g/mol. The van der Waals surface area contributed by atoms with E-state index in [4.69, 9.17) is 0 Å². The maximum atomic E-state index is 14.1. The third-order valence-corrected chi connectivity index (χ3v) is 5.22. The van der Waals surface area contributed by atoms with E-state index in [-0.39, 0.29) is 16.5 Å². The van der Waals surface area contributed by atoms with Gasteiger partial charge in [0.2, 0.25) is 0 Å². The van der Waals surface area contributed by atoms with Gasteiger partial charge in [-0.05, 0) is 57.2 Å². The van der Waals surface area contributed by atoms with E-state index < -0.39 is 17.2 Å². The molecule has 2 N–H and O–H groups in total. The topological polar surface area (TPSA) is 55.3 Å². The van der Waals surface area contributed by atoms with Crippen molar-refractivity contribution in [3.63, 3.8) is 0 Å². The highest BCUT2D eigenvalue weighted by Gasteiger charge is 2.32. The molecule has 1 aliphatic rings. The molecule has 20 heavy (non-hydrogen) atoms. The lowest BCUT2D eigenvalue weighted by molar-refractivity contribution is 0.427. The maximum Gasteiger partial charge on any atom is 0.168 e. The minimum Gasteiger partial charge on any atom is -0.598 e. The maximum absolute atomic E-state index is 14.1. The minimum absolute atomic E-state index is 0.123. The average molecular weight is 299 g/mol. The fourth-order valence-electron chi connectivity index (χ4n) is 2.44. The van der Waals surface area contributed by atoms with Crippen molar-refractivity contribution < 1.29 is 14.0 Å². The highest BCUT2D eigenvalue weighted by atomic mass is 32.2. The van der Waals surface area contributed by atoms with Crippen LogP contribution < -0.4 is 4.72 Å². The molecular formula is C15H22FNO2S. The van der Waals surface area contributed by atoms with Gasteiger partial charge in [0.25, 0.3) is 0 Å². The molecule has 1 aliphatic carbocycles. The van der Waals surface area contributed by atoms with E-state index in [1.54, 1.807) is 6.07 Å². The van der Waals surface area contributed by atoms with E-state index in [9.17, 15) is 14.0 Å². The molecule has 0 saturated heterocycles. The van der Waals surface area contributed by atoms with Crippen molar-refractivity contribution in [3.8, 4) is 5.75 Å². The van der Waals surface area contributed by atoms with Crippen LogP contribution in [0.5, 0.6) is 5.75 Å². The molecule has 1 aromatic rings. The molecule has 0 aromatic heterocycles. The van der Waals surface area contributed by atoms with Crippen LogP contribution in [0.25, 0.3) is 0 Å². The summed E-state index contributed by atoms with van der Waals surface area (Å²) in [4.78, 5) is 0. The molecule has 0 bridgehead atoms. The van der Waals surface area contributed by atoms with Gasteiger partial charge in [0.15, 0.2) is 11.6 Å². The molecule has 0 radical (unpaired) electrons. The zero-order chi connectivity index (χ0) is 14.9. The number of nitrogens with one attached hydrogen (secondary N) is 1. The predicted molar refractivity (Wildman–Crippen MR) is 79.4 cm³/mol. The van der Waals surface area contributed by atoms with Crippen molar-refractivity contribution in [2.45, 2.75) is 57.2 Å². The lowest BCUT2D eigenvalue weighted by atomic mass is 9.99. The van der Waals surface area contributed by atoms with E-state index in [0.29, 0.717) is 12.0 Å². The smallest absolute Gasteiger partial charge is 0.168 e. The van der Waals surface area contributed by atoms with E-state index in [1.165, 1.54) is 6.07 Å². The number of phenols is 1. The Hall–Kier alpha value is -0.780. The summed E-state index contributed by atoms with van der Waals surface area (Å²) in [6, 6.07) is 3.01. The van der Waals surface area contributed by atoms with Crippen LogP contribution in [0.4, 0.5) is 4.39 Å². The Kier molecular flexibility index (Phi) is 4.62. The summed E-state index contributed by atoms with van der Waals surface area (Å²) in [5, 5.41) is 9.51. The molecule has 112 valence electrons. The Morgan fingerprint density at radius 2 is 2.05 bits per heavy atom. The number of hydrogen-bond donors (Lipinski definition) is 2. The zero-order valence-electron chi connectivity index (χ0n) is 12.2. The number of rotatable bonds is 2. The largest absolute Gasteiger partial charge is 0.598 e. The minimum atomic E-state index is -1.20.